The van der Waals surface area contributed by atoms with Gasteiger partial charge in [0.1, 0.15) is 5.52 Å². The maximum Gasteiger partial charge on any atom is 0.253 e. The summed E-state index contributed by atoms with van der Waals surface area (Å²) in [7, 11) is 0. The lowest BCUT2D eigenvalue weighted by atomic mass is 9.92. The maximum absolute atomic E-state index is 13.0. The highest BCUT2D eigenvalue weighted by Crippen LogP contribution is 2.32. The highest BCUT2D eigenvalue weighted by atomic mass is 16.2. The maximum atomic E-state index is 13.0. The van der Waals surface area contributed by atoms with E-state index in [1.807, 2.05) is 40.1 Å². The molecule has 1 N–H and O–H groups in total. The van der Waals surface area contributed by atoms with Gasteiger partial charge in [-0.15, -0.1) is 5.10 Å². The normalized spacial score (nSPS) is 21.4. The number of likely N-dealkylation sites (tertiary alicyclic amines) is 2. The van der Waals surface area contributed by atoms with E-state index < -0.39 is 0 Å². The predicted octanol–water partition coefficient (Wildman–Crippen LogP) is 2.38. The van der Waals surface area contributed by atoms with E-state index >= 15 is 0 Å². The van der Waals surface area contributed by atoms with Crippen LogP contribution in [0.4, 0.5) is 0 Å². The van der Waals surface area contributed by atoms with Crippen molar-refractivity contribution in [2.75, 3.05) is 26.2 Å². The van der Waals surface area contributed by atoms with Gasteiger partial charge in [-0.3, -0.25) is 19.7 Å². The molecule has 2 aliphatic heterocycles. The molecule has 2 saturated heterocycles. The van der Waals surface area contributed by atoms with E-state index in [1.54, 1.807) is 24.4 Å². The lowest BCUT2D eigenvalue weighted by molar-refractivity contribution is -0.126. The summed E-state index contributed by atoms with van der Waals surface area (Å²) in [6.45, 7) is 2.93. The van der Waals surface area contributed by atoms with Crippen molar-refractivity contribution in [2.45, 2.75) is 12.8 Å². The Morgan fingerprint density at radius 3 is 2.58 bits per heavy atom. The summed E-state index contributed by atoms with van der Waals surface area (Å²) in [5, 5.41) is 10.6. The Morgan fingerprint density at radius 1 is 1.03 bits per heavy atom. The molecule has 3 aromatic rings. The number of nitrogens with zero attached hydrogens (tertiary/aromatic N) is 5. The van der Waals surface area contributed by atoms with Crippen molar-refractivity contribution in [3.63, 3.8) is 0 Å². The third kappa shape index (κ3) is 4.05. The molecule has 5 rings (SSSR count). The van der Waals surface area contributed by atoms with Crippen molar-refractivity contribution in [3.8, 4) is 0 Å². The monoisotopic (exact) mass is 416 g/mol. The van der Waals surface area contributed by atoms with Crippen LogP contribution in [0.25, 0.3) is 17.1 Å². The standard InChI is InChI=1S/C23H24N6O2/c30-22(7-5-19-3-1-2-10-24-19)28-11-8-17-14-29(15-18(17)9-12-28)23(31)16-4-6-20-21(13-16)26-27-25-20/h1-7,10,13,17-18H,8-9,11-12,14-15H2,(H,25,26,27)/t17-,18+. The fourth-order valence-corrected chi connectivity index (χ4v) is 4.63. The molecule has 31 heavy (non-hydrogen) atoms. The van der Waals surface area contributed by atoms with Crippen molar-refractivity contribution in [1.82, 2.24) is 30.2 Å². The van der Waals surface area contributed by atoms with E-state index in [9.17, 15) is 9.59 Å². The first-order chi connectivity index (χ1) is 15.2. The number of aromatic amines is 1. The summed E-state index contributed by atoms with van der Waals surface area (Å²) in [6.07, 6.45) is 6.92. The molecule has 8 heteroatoms. The van der Waals surface area contributed by atoms with Gasteiger partial charge in [-0.1, -0.05) is 11.3 Å². The number of benzene rings is 1. The van der Waals surface area contributed by atoms with Gasteiger partial charge in [-0.2, -0.15) is 0 Å². The zero-order valence-electron chi connectivity index (χ0n) is 17.1. The molecule has 1 aromatic carbocycles. The van der Waals surface area contributed by atoms with Crippen LogP contribution >= 0.6 is 0 Å². The van der Waals surface area contributed by atoms with Crippen molar-refractivity contribution >= 4 is 28.9 Å². The number of carbonyl (C=O) groups is 2. The quantitative estimate of drug-likeness (QED) is 0.662. The zero-order chi connectivity index (χ0) is 21.2. The highest BCUT2D eigenvalue weighted by Gasteiger charge is 2.37. The molecule has 8 nitrogen and oxygen atoms in total. The molecule has 4 heterocycles. The van der Waals surface area contributed by atoms with Crippen LogP contribution in [0.5, 0.6) is 0 Å². The number of carbonyl (C=O) groups excluding carboxylic acids is 2. The fraction of sp³-hybridized carbons (Fsp3) is 0.348. The molecule has 0 radical (unpaired) electrons. The van der Waals surface area contributed by atoms with E-state index in [2.05, 4.69) is 20.4 Å². The molecule has 0 unspecified atom stereocenters. The van der Waals surface area contributed by atoms with Gasteiger partial charge < -0.3 is 9.80 Å². The van der Waals surface area contributed by atoms with Crippen LogP contribution in [-0.2, 0) is 4.79 Å². The van der Waals surface area contributed by atoms with E-state index in [1.165, 1.54) is 0 Å². The third-order valence-electron chi connectivity index (χ3n) is 6.37. The van der Waals surface area contributed by atoms with E-state index in [-0.39, 0.29) is 11.8 Å². The molecule has 2 aromatic heterocycles. The smallest absolute Gasteiger partial charge is 0.253 e. The summed E-state index contributed by atoms with van der Waals surface area (Å²) in [6, 6.07) is 11.1. The number of hydrogen-bond acceptors (Lipinski definition) is 5. The second kappa shape index (κ2) is 8.29. The Morgan fingerprint density at radius 2 is 1.84 bits per heavy atom. The minimum Gasteiger partial charge on any atom is -0.339 e. The van der Waals surface area contributed by atoms with Crippen LogP contribution in [0.1, 0.15) is 28.9 Å². The number of rotatable bonds is 3. The van der Waals surface area contributed by atoms with Gasteiger partial charge in [-0.05, 0) is 61.1 Å². The fourth-order valence-electron chi connectivity index (χ4n) is 4.63. The Bertz CT molecular complexity index is 1110. The summed E-state index contributed by atoms with van der Waals surface area (Å²) in [4.78, 5) is 33.7. The number of nitrogens with one attached hydrogen (secondary N) is 1. The van der Waals surface area contributed by atoms with Gasteiger partial charge in [0.25, 0.3) is 5.91 Å². The molecule has 158 valence electrons. The molecule has 0 spiro atoms. The van der Waals surface area contributed by atoms with E-state index in [0.717, 1.165) is 50.2 Å². The number of hydrogen-bond donors (Lipinski definition) is 1. The molecule has 0 aliphatic carbocycles. The minimum atomic E-state index is 0.0273. The van der Waals surface area contributed by atoms with Gasteiger partial charge in [0.15, 0.2) is 0 Å². The molecule has 2 amide bonds. The number of fused-ring (bicyclic) bond motifs is 2. The molecule has 2 aliphatic rings. The zero-order valence-corrected chi connectivity index (χ0v) is 17.1. The first-order valence-corrected chi connectivity index (χ1v) is 10.7. The van der Waals surface area contributed by atoms with Gasteiger partial charge in [0.05, 0.1) is 11.2 Å². The molecular formula is C23H24N6O2. The first kappa shape index (κ1) is 19.4. The van der Waals surface area contributed by atoms with Crippen LogP contribution in [-0.4, -0.2) is 68.2 Å². The van der Waals surface area contributed by atoms with Crippen molar-refractivity contribution in [3.05, 3.63) is 59.9 Å². The Labute approximate surface area is 179 Å². The highest BCUT2D eigenvalue weighted by molar-refractivity contribution is 5.97. The van der Waals surface area contributed by atoms with E-state index in [0.29, 0.717) is 22.9 Å². The lowest BCUT2D eigenvalue weighted by Crippen LogP contribution is -2.33. The second-order valence-electron chi connectivity index (χ2n) is 8.26. The average Bonchev–Trinajstić information content (AvgIpc) is 3.39. The van der Waals surface area contributed by atoms with Crippen LogP contribution in [0, 0.1) is 11.8 Å². The van der Waals surface area contributed by atoms with Crippen LogP contribution in [0.2, 0.25) is 0 Å². The predicted molar refractivity (Wildman–Crippen MR) is 116 cm³/mol. The SMILES string of the molecule is O=C(C=Cc1ccccn1)N1CC[C@@H]2CN(C(=O)c3ccc4[nH]nnc4c3)C[C@@H]2CC1. The van der Waals surface area contributed by atoms with Gasteiger partial charge >= 0.3 is 0 Å². The molecule has 0 bridgehead atoms. The molecule has 0 saturated carbocycles. The summed E-state index contributed by atoms with van der Waals surface area (Å²) >= 11 is 0. The summed E-state index contributed by atoms with van der Waals surface area (Å²) < 4.78 is 0. The molecule has 2 atom stereocenters. The van der Waals surface area contributed by atoms with Gasteiger partial charge in [-0.25, -0.2) is 0 Å². The van der Waals surface area contributed by atoms with Crippen molar-refractivity contribution in [2.24, 2.45) is 11.8 Å². The minimum absolute atomic E-state index is 0.0273. The molecular weight excluding hydrogens is 392 g/mol. The van der Waals surface area contributed by atoms with Crippen molar-refractivity contribution in [1.29, 1.82) is 0 Å². The number of pyridine rings is 1. The van der Waals surface area contributed by atoms with Crippen LogP contribution < -0.4 is 0 Å². The number of amides is 2. The van der Waals surface area contributed by atoms with E-state index in [4.69, 9.17) is 0 Å². The van der Waals surface area contributed by atoms with Gasteiger partial charge in [0.2, 0.25) is 5.91 Å². The average molecular weight is 416 g/mol. The summed E-state index contributed by atoms with van der Waals surface area (Å²) in [5.41, 5.74) is 2.95. The van der Waals surface area contributed by atoms with Gasteiger partial charge in [0, 0.05) is 44.0 Å². The summed E-state index contributed by atoms with van der Waals surface area (Å²) in [5.74, 6) is 0.929. The van der Waals surface area contributed by atoms with Crippen LogP contribution in [0.3, 0.4) is 0 Å². The largest absolute Gasteiger partial charge is 0.339 e. The first-order valence-electron chi connectivity index (χ1n) is 10.7. The number of H-pyrrole nitrogens is 1. The lowest BCUT2D eigenvalue weighted by Gasteiger charge is -2.21. The topological polar surface area (TPSA) is 95.1 Å². The third-order valence-corrected chi connectivity index (χ3v) is 6.37. The van der Waals surface area contributed by atoms with Crippen LogP contribution in [0.15, 0.2) is 48.7 Å². The Kier molecular flexibility index (Phi) is 5.19. The Hall–Kier alpha value is -3.55. The molecule has 2 fully saturated rings. The Balaban J connectivity index is 1.19. The number of aromatic nitrogens is 4. The second-order valence-corrected chi connectivity index (χ2v) is 8.26. The van der Waals surface area contributed by atoms with Crippen molar-refractivity contribution < 1.29 is 9.59 Å².